The fraction of sp³-hybridized carbons (Fsp3) is 0.750. The van der Waals surface area contributed by atoms with Crippen LogP contribution >= 0.6 is 0 Å². The average molecular weight is 240 g/mol. The summed E-state index contributed by atoms with van der Waals surface area (Å²) in [6.45, 7) is 1.66. The first-order valence-corrected chi connectivity index (χ1v) is 6.22. The molecule has 0 spiro atoms. The molecule has 0 saturated heterocycles. The van der Waals surface area contributed by atoms with Gasteiger partial charge in [0.1, 0.15) is 0 Å². The summed E-state index contributed by atoms with van der Waals surface area (Å²) in [5, 5.41) is 3.10. The zero-order chi connectivity index (χ0) is 11.3. The van der Waals surface area contributed by atoms with E-state index in [1.165, 1.54) is 0 Å². The fourth-order valence-electron chi connectivity index (χ4n) is 1.31. The molecule has 1 heterocycles. The van der Waals surface area contributed by atoms with Crippen molar-refractivity contribution < 1.29 is 17.2 Å². The molecule has 0 unspecified atom stereocenters. The maximum absolute atomic E-state index is 11.9. The van der Waals surface area contributed by atoms with E-state index in [2.05, 4.69) is 5.32 Å². The Morgan fingerprint density at radius 3 is 2.80 bits per heavy atom. The molecule has 0 atom stereocenters. The normalized spacial score (nSPS) is 17.9. The minimum Gasteiger partial charge on any atom is -0.313 e. The third-order valence-electron chi connectivity index (χ3n) is 2.14. The van der Waals surface area contributed by atoms with E-state index in [9.17, 15) is 17.2 Å². The highest BCUT2D eigenvalue weighted by Crippen LogP contribution is 2.09. The number of sulfonamides is 1. The highest BCUT2D eigenvalue weighted by Gasteiger charge is 2.22. The maximum Gasteiger partial charge on any atom is 0.350 e. The molecule has 0 saturated carbocycles. The van der Waals surface area contributed by atoms with Gasteiger partial charge >= 0.3 is 5.76 Å². The third kappa shape index (κ3) is 4.23. The number of rotatable bonds is 5. The molecule has 7 heteroatoms. The summed E-state index contributed by atoms with van der Waals surface area (Å²) < 4.78 is 47.0. The van der Waals surface area contributed by atoms with E-state index in [1.807, 2.05) is 10.8 Å². The SMILES string of the molecule is O=S(=O)(NCCC1=CCNCC1)C(F)F. The van der Waals surface area contributed by atoms with Crippen LogP contribution in [0.2, 0.25) is 0 Å². The van der Waals surface area contributed by atoms with Gasteiger partial charge in [-0.1, -0.05) is 11.6 Å². The topological polar surface area (TPSA) is 58.2 Å². The average Bonchev–Trinajstić information content (AvgIpc) is 2.19. The first-order valence-electron chi connectivity index (χ1n) is 4.67. The number of hydrogen-bond donors (Lipinski definition) is 2. The second kappa shape index (κ2) is 5.53. The monoisotopic (exact) mass is 240 g/mol. The molecule has 0 amide bonds. The first-order chi connectivity index (χ1) is 7.02. The number of alkyl halides is 2. The molecule has 0 radical (unpaired) electrons. The summed E-state index contributed by atoms with van der Waals surface area (Å²) in [6.07, 6.45) is 3.30. The lowest BCUT2D eigenvalue weighted by Crippen LogP contribution is -2.31. The van der Waals surface area contributed by atoms with Gasteiger partial charge in [-0.05, 0) is 19.4 Å². The van der Waals surface area contributed by atoms with Gasteiger partial charge in [0.15, 0.2) is 0 Å². The van der Waals surface area contributed by atoms with Crippen molar-refractivity contribution in [2.45, 2.75) is 18.6 Å². The highest BCUT2D eigenvalue weighted by molar-refractivity contribution is 7.89. The summed E-state index contributed by atoms with van der Waals surface area (Å²) in [5.74, 6) is -3.35. The van der Waals surface area contributed by atoms with Gasteiger partial charge in [0.05, 0.1) is 0 Å². The van der Waals surface area contributed by atoms with E-state index in [1.54, 1.807) is 0 Å². The van der Waals surface area contributed by atoms with Gasteiger partial charge < -0.3 is 5.32 Å². The molecule has 4 nitrogen and oxygen atoms in total. The highest BCUT2D eigenvalue weighted by atomic mass is 32.2. The molecular weight excluding hydrogens is 226 g/mol. The van der Waals surface area contributed by atoms with Crippen molar-refractivity contribution in [2.75, 3.05) is 19.6 Å². The fourth-order valence-corrected chi connectivity index (χ4v) is 1.83. The first kappa shape index (κ1) is 12.5. The lowest BCUT2D eigenvalue weighted by molar-refractivity contribution is 0.232. The van der Waals surface area contributed by atoms with Crippen LogP contribution < -0.4 is 10.0 Å². The number of nitrogens with one attached hydrogen (secondary N) is 2. The maximum atomic E-state index is 11.9. The van der Waals surface area contributed by atoms with E-state index >= 15 is 0 Å². The van der Waals surface area contributed by atoms with Crippen molar-refractivity contribution in [1.29, 1.82) is 0 Å². The van der Waals surface area contributed by atoms with E-state index in [-0.39, 0.29) is 6.54 Å². The molecular formula is C8H14F2N2O2S. The Kier molecular flexibility index (Phi) is 4.62. The molecule has 0 aromatic rings. The molecule has 0 aromatic heterocycles. The lowest BCUT2D eigenvalue weighted by atomic mass is 10.1. The zero-order valence-electron chi connectivity index (χ0n) is 8.17. The molecule has 88 valence electrons. The molecule has 2 N–H and O–H groups in total. The molecule has 0 bridgehead atoms. The van der Waals surface area contributed by atoms with Gasteiger partial charge in [-0.15, -0.1) is 0 Å². The Balaban J connectivity index is 2.30. The zero-order valence-corrected chi connectivity index (χ0v) is 8.99. The number of hydrogen-bond acceptors (Lipinski definition) is 3. The van der Waals surface area contributed by atoms with Crippen LogP contribution in [0.15, 0.2) is 11.6 Å². The molecule has 0 aliphatic carbocycles. The predicted octanol–water partition coefficient (Wildman–Crippen LogP) is 0.438. The van der Waals surface area contributed by atoms with Crippen LogP contribution in [-0.4, -0.2) is 33.8 Å². The smallest absolute Gasteiger partial charge is 0.313 e. The van der Waals surface area contributed by atoms with Crippen molar-refractivity contribution in [3.8, 4) is 0 Å². The molecule has 1 aliphatic rings. The Hall–Kier alpha value is -0.530. The standard InChI is InChI=1S/C8H14F2N2O2S/c9-8(10)15(13,14)12-6-3-7-1-4-11-5-2-7/h1,8,11-12H,2-6H2. The van der Waals surface area contributed by atoms with E-state index in [0.717, 1.165) is 25.1 Å². The van der Waals surface area contributed by atoms with Gasteiger partial charge in [-0.3, -0.25) is 0 Å². The van der Waals surface area contributed by atoms with Crippen molar-refractivity contribution in [3.63, 3.8) is 0 Å². The van der Waals surface area contributed by atoms with E-state index < -0.39 is 15.8 Å². The van der Waals surface area contributed by atoms with Gasteiger partial charge in [0.2, 0.25) is 0 Å². The van der Waals surface area contributed by atoms with Crippen LogP contribution in [0.3, 0.4) is 0 Å². The second-order valence-corrected chi connectivity index (χ2v) is 5.00. The Labute approximate surface area is 87.8 Å². The van der Waals surface area contributed by atoms with E-state index in [4.69, 9.17) is 0 Å². The van der Waals surface area contributed by atoms with Crippen molar-refractivity contribution in [3.05, 3.63) is 11.6 Å². The Morgan fingerprint density at radius 2 is 2.27 bits per heavy atom. The van der Waals surface area contributed by atoms with Crippen LogP contribution in [0, 0.1) is 0 Å². The van der Waals surface area contributed by atoms with Crippen LogP contribution in [0.25, 0.3) is 0 Å². The molecule has 0 aromatic carbocycles. The van der Waals surface area contributed by atoms with Crippen molar-refractivity contribution in [1.82, 2.24) is 10.0 Å². The largest absolute Gasteiger partial charge is 0.350 e. The lowest BCUT2D eigenvalue weighted by Gasteiger charge is -2.14. The third-order valence-corrected chi connectivity index (χ3v) is 3.22. The van der Waals surface area contributed by atoms with E-state index in [0.29, 0.717) is 6.42 Å². The number of halogens is 2. The summed E-state index contributed by atoms with van der Waals surface area (Å²) in [4.78, 5) is 0. The summed E-state index contributed by atoms with van der Waals surface area (Å²) >= 11 is 0. The molecule has 15 heavy (non-hydrogen) atoms. The van der Waals surface area contributed by atoms with Gasteiger partial charge in [0, 0.05) is 13.1 Å². The van der Waals surface area contributed by atoms with Crippen LogP contribution in [0.5, 0.6) is 0 Å². The Bertz CT molecular complexity index is 328. The quantitative estimate of drug-likeness (QED) is 0.685. The van der Waals surface area contributed by atoms with Crippen LogP contribution in [-0.2, 0) is 10.0 Å². The van der Waals surface area contributed by atoms with Crippen LogP contribution in [0.4, 0.5) is 8.78 Å². The van der Waals surface area contributed by atoms with Gasteiger partial charge in [-0.2, -0.15) is 8.78 Å². The van der Waals surface area contributed by atoms with Crippen molar-refractivity contribution in [2.24, 2.45) is 0 Å². The summed E-state index contributed by atoms with van der Waals surface area (Å²) in [5.41, 5.74) is 1.10. The molecule has 1 aliphatic heterocycles. The van der Waals surface area contributed by atoms with Gasteiger partial charge in [0.25, 0.3) is 10.0 Å². The Morgan fingerprint density at radius 1 is 1.53 bits per heavy atom. The summed E-state index contributed by atoms with van der Waals surface area (Å²) in [7, 11) is -4.43. The van der Waals surface area contributed by atoms with Crippen LogP contribution in [0.1, 0.15) is 12.8 Å². The minimum atomic E-state index is -4.43. The molecule has 0 fully saturated rings. The minimum absolute atomic E-state index is 0.0402. The predicted molar refractivity (Wildman–Crippen MR) is 53.1 cm³/mol. The summed E-state index contributed by atoms with van der Waals surface area (Å²) in [6, 6.07) is 0. The van der Waals surface area contributed by atoms with Gasteiger partial charge in [-0.25, -0.2) is 13.1 Å². The molecule has 1 rings (SSSR count). The second-order valence-electron chi connectivity index (χ2n) is 3.27. The van der Waals surface area contributed by atoms with Crippen molar-refractivity contribution >= 4 is 10.0 Å².